The lowest BCUT2D eigenvalue weighted by Gasteiger charge is -2.49. The Labute approximate surface area is 229 Å². The molecule has 6 heteroatoms. The highest BCUT2D eigenvalue weighted by Crippen LogP contribution is 2.60. The van der Waals surface area contributed by atoms with Gasteiger partial charge in [0, 0.05) is 16.7 Å². The minimum Gasteiger partial charge on any atom is -0.508 e. The fourth-order valence-electron chi connectivity index (χ4n) is 7.37. The molecule has 0 aliphatic heterocycles. The zero-order valence-electron chi connectivity index (χ0n) is 22.6. The molecule has 0 bridgehead atoms. The number of rotatable bonds is 6. The van der Waals surface area contributed by atoms with E-state index in [-0.39, 0.29) is 11.2 Å². The molecule has 0 heterocycles. The van der Waals surface area contributed by atoms with E-state index in [1.807, 2.05) is 30.3 Å². The minimum atomic E-state index is -0.291. The molecule has 202 valence electrons. The number of nitrogens with zero attached hydrogens (tertiary/aromatic N) is 2. The molecular weight excluding hydrogens is 491 g/mol. The number of aryl methyl sites for hydroxylation is 1. The molecule has 2 saturated carbocycles. The highest BCUT2D eigenvalue weighted by atomic mass is 19.1. The average Bonchev–Trinajstić information content (AvgIpc) is 3.28. The van der Waals surface area contributed by atoms with Crippen molar-refractivity contribution in [2.45, 2.75) is 58.0 Å². The maximum absolute atomic E-state index is 13.2. The summed E-state index contributed by atoms with van der Waals surface area (Å²) in [4.78, 5) is 0. The van der Waals surface area contributed by atoms with Gasteiger partial charge in [-0.1, -0.05) is 13.0 Å². The molecule has 0 amide bonds. The third-order valence-electron chi connectivity index (χ3n) is 9.35. The van der Waals surface area contributed by atoms with E-state index < -0.39 is 0 Å². The quantitative estimate of drug-likeness (QED) is 0.268. The van der Waals surface area contributed by atoms with Gasteiger partial charge in [0.05, 0.1) is 13.3 Å². The summed E-state index contributed by atoms with van der Waals surface area (Å²) in [6.07, 6.45) is 8.50. The van der Waals surface area contributed by atoms with Gasteiger partial charge < -0.3 is 14.6 Å². The second-order valence-corrected chi connectivity index (χ2v) is 11.4. The number of methoxy groups -OCH3 is 1. The number of ether oxygens (including phenoxy) is 2. The SMILES string of the molecule is COc1ccc(/C=N\N=C2\CC[C@H]3[C@H]4CCc5cc(O)ccc5[C@H]4CC[C@]23C)cc1COc1ccc(F)cc1. The van der Waals surface area contributed by atoms with E-state index in [1.165, 1.54) is 41.8 Å². The molecule has 4 atom stereocenters. The fraction of sp³-hybridized carbons (Fsp3) is 0.394. The van der Waals surface area contributed by atoms with Crippen LogP contribution in [0.1, 0.15) is 67.2 Å². The van der Waals surface area contributed by atoms with Crippen molar-refractivity contribution < 1.29 is 19.0 Å². The van der Waals surface area contributed by atoms with Crippen LogP contribution in [0.25, 0.3) is 0 Å². The number of hydrogen-bond acceptors (Lipinski definition) is 5. The van der Waals surface area contributed by atoms with Crippen molar-refractivity contribution in [3.63, 3.8) is 0 Å². The molecule has 0 aromatic heterocycles. The summed E-state index contributed by atoms with van der Waals surface area (Å²) in [7, 11) is 1.64. The summed E-state index contributed by atoms with van der Waals surface area (Å²) in [5.74, 6) is 3.30. The molecule has 39 heavy (non-hydrogen) atoms. The maximum Gasteiger partial charge on any atom is 0.125 e. The number of halogens is 1. The standard InChI is InChI=1S/C33H35FN2O3/c1-33-16-15-28-27-11-7-25(37)18-22(27)4-10-29(28)30(33)12-14-32(33)36-35-19-21-3-13-31(38-2)23(17-21)20-39-26-8-5-24(34)6-9-26/h3,5-9,11,13,17-19,28-30,37H,4,10,12,14-16,20H2,1-2H3/b35-19-,36-32-/t28-,29+,30+,33+/m1/s1. The molecule has 3 aliphatic carbocycles. The Bertz CT molecular complexity index is 1420. The van der Waals surface area contributed by atoms with Crippen LogP contribution in [0.5, 0.6) is 17.2 Å². The van der Waals surface area contributed by atoms with Crippen molar-refractivity contribution in [3.8, 4) is 17.2 Å². The molecule has 3 aliphatic rings. The molecular formula is C33H35FN2O3. The molecule has 0 spiro atoms. The minimum absolute atomic E-state index is 0.0982. The molecule has 0 unspecified atom stereocenters. The van der Waals surface area contributed by atoms with E-state index in [0.717, 1.165) is 42.6 Å². The lowest BCUT2D eigenvalue weighted by molar-refractivity contribution is 0.0955. The molecule has 3 aromatic carbocycles. The van der Waals surface area contributed by atoms with E-state index >= 15 is 0 Å². The number of benzene rings is 3. The van der Waals surface area contributed by atoms with Crippen LogP contribution in [0.15, 0.2) is 70.9 Å². The lowest BCUT2D eigenvalue weighted by Crippen LogP contribution is -2.42. The first-order chi connectivity index (χ1) is 18.9. The highest BCUT2D eigenvalue weighted by Gasteiger charge is 2.53. The van der Waals surface area contributed by atoms with Crippen LogP contribution in [0.4, 0.5) is 4.39 Å². The van der Waals surface area contributed by atoms with Gasteiger partial charge in [-0.05, 0) is 128 Å². The number of fused-ring (bicyclic) bond motifs is 5. The van der Waals surface area contributed by atoms with Gasteiger partial charge in [0.15, 0.2) is 0 Å². The van der Waals surface area contributed by atoms with Crippen LogP contribution < -0.4 is 9.47 Å². The maximum atomic E-state index is 13.2. The van der Waals surface area contributed by atoms with Crippen molar-refractivity contribution >= 4 is 11.9 Å². The third-order valence-corrected chi connectivity index (χ3v) is 9.35. The Morgan fingerprint density at radius 3 is 2.69 bits per heavy atom. The molecule has 2 fully saturated rings. The summed E-state index contributed by atoms with van der Waals surface area (Å²) in [5, 5.41) is 19.3. The highest BCUT2D eigenvalue weighted by molar-refractivity contribution is 5.93. The third kappa shape index (κ3) is 4.93. The van der Waals surface area contributed by atoms with Gasteiger partial charge in [-0.15, -0.1) is 0 Å². The van der Waals surface area contributed by atoms with Crippen molar-refractivity contribution in [1.29, 1.82) is 0 Å². The van der Waals surface area contributed by atoms with Gasteiger partial charge in [0.25, 0.3) is 0 Å². The van der Waals surface area contributed by atoms with E-state index in [2.05, 4.69) is 18.1 Å². The van der Waals surface area contributed by atoms with Gasteiger partial charge in [0.1, 0.15) is 29.7 Å². The predicted molar refractivity (Wildman–Crippen MR) is 151 cm³/mol. The first kappa shape index (κ1) is 25.6. The number of phenolic OH excluding ortho intramolecular Hbond substituents is 1. The van der Waals surface area contributed by atoms with Crippen LogP contribution in [0, 0.1) is 23.1 Å². The Morgan fingerprint density at radius 2 is 1.87 bits per heavy atom. The first-order valence-electron chi connectivity index (χ1n) is 13.9. The second-order valence-electron chi connectivity index (χ2n) is 11.4. The molecule has 6 rings (SSSR count). The Balaban J connectivity index is 1.16. The average molecular weight is 527 g/mol. The topological polar surface area (TPSA) is 63.4 Å². The zero-order chi connectivity index (χ0) is 27.0. The smallest absolute Gasteiger partial charge is 0.125 e. The normalized spacial score (nSPS) is 26.7. The monoisotopic (exact) mass is 526 g/mol. The van der Waals surface area contributed by atoms with Crippen molar-refractivity contribution in [3.05, 3.63) is 88.7 Å². The summed E-state index contributed by atoms with van der Waals surface area (Å²) < 4.78 is 24.6. The van der Waals surface area contributed by atoms with Gasteiger partial charge in [-0.3, -0.25) is 0 Å². The van der Waals surface area contributed by atoms with Crippen molar-refractivity contribution in [2.24, 2.45) is 27.5 Å². The summed E-state index contributed by atoms with van der Waals surface area (Å²) in [5.41, 5.74) is 5.92. The van der Waals surface area contributed by atoms with Gasteiger partial charge in [-0.2, -0.15) is 10.2 Å². The van der Waals surface area contributed by atoms with E-state index in [0.29, 0.717) is 35.9 Å². The van der Waals surface area contributed by atoms with Crippen LogP contribution in [-0.2, 0) is 13.0 Å². The van der Waals surface area contributed by atoms with Crippen molar-refractivity contribution in [1.82, 2.24) is 0 Å². The van der Waals surface area contributed by atoms with Crippen LogP contribution in [0.3, 0.4) is 0 Å². The largest absolute Gasteiger partial charge is 0.508 e. The zero-order valence-corrected chi connectivity index (χ0v) is 22.6. The van der Waals surface area contributed by atoms with E-state index in [4.69, 9.17) is 14.6 Å². The Hall–Kier alpha value is -3.67. The van der Waals surface area contributed by atoms with Gasteiger partial charge in [-0.25, -0.2) is 4.39 Å². The number of phenols is 1. The lowest BCUT2D eigenvalue weighted by atomic mass is 9.55. The van der Waals surface area contributed by atoms with Gasteiger partial charge in [0.2, 0.25) is 0 Å². The van der Waals surface area contributed by atoms with E-state index in [9.17, 15) is 9.50 Å². The van der Waals surface area contributed by atoms with Crippen LogP contribution in [-0.4, -0.2) is 24.1 Å². The fourth-order valence-corrected chi connectivity index (χ4v) is 7.37. The summed E-state index contributed by atoms with van der Waals surface area (Å²) in [6.45, 7) is 2.70. The Morgan fingerprint density at radius 1 is 1.03 bits per heavy atom. The number of aromatic hydroxyl groups is 1. The number of hydrogen-bond donors (Lipinski definition) is 1. The summed E-state index contributed by atoms with van der Waals surface area (Å²) in [6, 6.07) is 17.8. The first-order valence-corrected chi connectivity index (χ1v) is 13.9. The van der Waals surface area contributed by atoms with Crippen LogP contribution >= 0.6 is 0 Å². The second kappa shape index (κ2) is 10.5. The molecule has 1 N–H and O–H groups in total. The van der Waals surface area contributed by atoms with Gasteiger partial charge >= 0.3 is 0 Å². The van der Waals surface area contributed by atoms with E-state index in [1.54, 1.807) is 25.5 Å². The van der Waals surface area contributed by atoms with Crippen molar-refractivity contribution in [2.75, 3.05) is 7.11 Å². The predicted octanol–water partition coefficient (Wildman–Crippen LogP) is 7.45. The summed E-state index contributed by atoms with van der Waals surface area (Å²) >= 11 is 0. The molecule has 0 saturated heterocycles. The Kier molecular flexibility index (Phi) is 6.88. The molecule has 5 nitrogen and oxygen atoms in total. The molecule has 0 radical (unpaired) electrons. The van der Waals surface area contributed by atoms with Crippen LogP contribution in [0.2, 0.25) is 0 Å². The molecule has 3 aromatic rings.